The van der Waals surface area contributed by atoms with E-state index in [-0.39, 0.29) is 18.9 Å². The fourth-order valence-corrected chi connectivity index (χ4v) is 1.54. The number of piperidine rings is 1. The molecule has 1 N–H and O–H groups in total. The molecule has 0 aromatic rings. The first-order valence-corrected chi connectivity index (χ1v) is 4.63. The van der Waals surface area contributed by atoms with Crippen LogP contribution in [-0.2, 0) is 0 Å². The second-order valence-electron chi connectivity index (χ2n) is 3.92. The highest BCUT2D eigenvalue weighted by molar-refractivity contribution is 5.81. The van der Waals surface area contributed by atoms with E-state index in [1.54, 1.807) is 0 Å². The molecule has 1 aliphatic heterocycles. The predicted octanol–water partition coefficient (Wildman–Crippen LogP) is 2.35. The first-order chi connectivity index (χ1) is 5.92. The van der Waals surface area contributed by atoms with Gasteiger partial charge in [0.1, 0.15) is 0 Å². The number of nitrogens with zero attached hydrogens (tertiary/aromatic N) is 1. The average molecular weight is 190 g/mol. The molecule has 1 rings (SSSR count). The van der Waals surface area contributed by atoms with Crippen LogP contribution in [0, 0.1) is 11.3 Å². The maximum atomic E-state index is 12.9. The normalized spacial score (nSPS) is 22.1. The van der Waals surface area contributed by atoms with Crippen LogP contribution in [0.4, 0.5) is 8.78 Å². The molecule has 0 unspecified atom stereocenters. The van der Waals surface area contributed by atoms with Crippen LogP contribution in [-0.4, -0.2) is 29.7 Å². The summed E-state index contributed by atoms with van der Waals surface area (Å²) < 4.78 is 25.9. The Morgan fingerprint density at radius 1 is 1.46 bits per heavy atom. The molecule has 0 atom stereocenters. The van der Waals surface area contributed by atoms with Gasteiger partial charge in [-0.15, -0.1) is 0 Å². The zero-order valence-corrected chi connectivity index (χ0v) is 8.11. The Kier molecular flexibility index (Phi) is 2.88. The van der Waals surface area contributed by atoms with Gasteiger partial charge in [-0.25, -0.2) is 8.78 Å². The number of amidine groups is 1. The maximum absolute atomic E-state index is 12.9. The van der Waals surface area contributed by atoms with E-state index in [1.807, 2.05) is 13.8 Å². The van der Waals surface area contributed by atoms with Gasteiger partial charge < -0.3 is 4.90 Å². The molecule has 1 heterocycles. The van der Waals surface area contributed by atoms with E-state index in [4.69, 9.17) is 5.41 Å². The van der Waals surface area contributed by atoms with Gasteiger partial charge in [0.15, 0.2) is 0 Å². The summed E-state index contributed by atoms with van der Waals surface area (Å²) in [5.41, 5.74) is 0. The highest BCUT2D eigenvalue weighted by Gasteiger charge is 2.36. The summed E-state index contributed by atoms with van der Waals surface area (Å²) in [6, 6.07) is 0. The van der Waals surface area contributed by atoms with Crippen molar-refractivity contribution in [3.05, 3.63) is 0 Å². The smallest absolute Gasteiger partial charge is 0.265 e. The molecule has 0 bridgehead atoms. The first kappa shape index (κ1) is 10.4. The fraction of sp³-hybridized carbons (Fsp3) is 0.889. The molecular formula is C9H16F2N2. The van der Waals surface area contributed by atoms with E-state index in [0.29, 0.717) is 18.8 Å². The molecule has 0 radical (unpaired) electrons. The lowest BCUT2D eigenvalue weighted by atomic mass is 10.0. The van der Waals surface area contributed by atoms with Crippen molar-refractivity contribution in [3.63, 3.8) is 0 Å². The van der Waals surface area contributed by atoms with Gasteiger partial charge in [0.25, 0.3) is 5.92 Å². The Morgan fingerprint density at radius 2 is 2.08 bits per heavy atom. The number of alkyl halides is 2. The standard InChI is InChI=1S/C9H16F2N2/c1-7(2)8(12)13-5-3-4-9(10,11)6-13/h7,12H,3-6H2,1-2H3. The van der Waals surface area contributed by atoms with Crippen LogP contribution < -0.4 is 0 Å². The van der Waals surface area contributed by atoms with Gasteiger partial charge in [-0.1, -0.05) is 13.8 Å². The molecule has 1 saturated heterocycles. The summed E-state index contributed by atoms with van der Waals surface area (Å²) in [6.45, 7) is 4.04. The van der Waals surface area contributed by atoms with Gasteiger partial charge in [-0.3, -0.25) is 5.41 Å². The van der Waals surface area contributed by atoms with Crippen LogP contribution >= 0.6 is 0 Å². The monoisotopic (exact) mass is 190 g/mol. The molecule has 0 amide bonds. The molecular weight excluding hydrogens is 174 g/mol. The van der Waals surface area contributed by atoms with Crippen LogP contribution in [0.2, 0.25) is 0 Å². The van der Waals surface area contributed by atoms with Crippen LogP contribution in [0.5, 0.6) is 0 Å². The molecule has 1 fully saturated rings. The first-order valence-electron chi connectivity index (χ1n) is 4.63. The fourth-order valence-electron chi connectivity index (χ4n) is 1.54. The predicted molar refractivity (Wildman–Crippen MR) is 48.3 cm³/mol. The second-order valence-corrected chi connectivity index (χ2v) is 3.92. The summed E-state index contributed by atoms with van der Waals surface area (Å²) in [5, 5.41) is 7.61. The second kappa shape index (κ2) is 3.60. The number of rotatable bonds is 1. The number of hydrogen-bond acceptors (Lipinski definition) is 1. The molecule has 0 aromatic heterocycles. The van der Waals surface area contributed by atoms with Gasteiger partial charge in [0.2, 0.25) is 0 Å². The Hall–Kier alpha value is -0.670. The number of likely N-dealkylation sites (tertiary alicyclic amines) is 1. The largest absolute Gasteiger partial charge is 0.354 e. The van der Waals surface area contributed by atoms with Crippen LogP contribution in [0.15, 0.2) is 0 Å². The summed E-state index contributed by atoms with van der Waals surface area (Å²) >= 11 is 0. The van der Waals surface area contributed by atoms with Crippen molar-refractivity contribution in [2.75, 3.05) is 13.1 Å². The Bertz CT molecular complexity index is 202. The molecule has 1 aliphatic rings. The van der Waals surface area contributed by atoms with Gasteiger partial charge in [0, 0.05) is 18.9 Å². The van der Waals surface area contributed by atoms with Crippen LogP contribution in [0.3, 0.4) is 0 Å². The van der Waals surface area contributed by atoms with Crippen LogP contribution in [0.1, 0.15) is 26.7 Å². The molecule has 0 saturated carbocycles. The minimum atomic E-state index is -2.60. The van der Waals surface area contributed by atoms with Gasteiger partial charge >= 0.3 is 0 Å². The van der Waals surface area contributed by atoms with Crippen molar-refractivity contribution in [1.29, 1.82) is 5.41 Å². The van der Waals surface area contributed by atoms with Crippen molar-refractivity contribution in [3.8, 4) is 0 Å². The van der Waals surface area contributed by atoms with E-state index in [2.05, 4.69) is 0 Å². The maximum Gasteiger partial charge on any atom is 0.265 e. The third-order valence-electron chi connectivity index (χ3n) is 2.28. The molecule has 0 aromatic carbocycles. The molecule has 4 heteroatoms. The van der Waals surface area contributed by atoms with Crippen molar-refractivity contribution >= 4 is 5.84 Å². The lowest BCUT2D eigenvalue weighted by Gasteiger charge is -2.35. The lowest BCUT2D eigenvalue weighted by molar-refractivity contribution is -0.0477. The van der Waals surface area contributed by atoms with E-state index in [0.717, 1.165) is 0 Å². The quantitative estimate of drug-likeness (QED) is 0.498. The molecule has 0 aliphatic carbocycles. The topological polar surface area (TPSA) is 27.1 Å². The Balaban J connectivity index is 2.57. The molecule has 76 valence electrons. The van der Waals surface area contributed by atoms with Crippen molar-refractivity contribution in [2.24, 2.45) is 5.92 Å². The number of halogens is 2. The highest BCUT2D eigenvalue weighted by Crippen LogP contribution is 2.27. The third kappa shape index (κ3) is 2.64. The zero-order chi connectivity index (χ0) is 10.1. The number of hydrogen-bond donors (Lipinski definition) is 1. The summed E-state index contributed by atoms with van der Waals surface area (Å²) in [5.74, 6) is -2.23. The molecule has 13 heavy (non-hydrogen) atoms. The minimum Gasteiger partial charge on any atom is -0.354 e. The average Bonchev–Trinajstić information content (AvgIpc) is 2.01. The summed E-state index contributed by atoms with van der Waals surface area (Å²) in [7, 11) is 0. The van der Waals surface area contributed by atoms with E-state index < -0.39 is 5.92 Å². The van der Waals surface area contributed by atoms with E-state index >= 15 is 0 Å². The number of nitrogens with one attached hydrogen (secondary N) is 1. The highest BCUT2D eigenvalue weighted by atomic mass is 19.3. The third-order valence-corrected chi connectivity index (χ3v) is 2.28. The Morgan fingerprint density at radius 3 is 2.54 bits per heavy atom. The van der Waals surface area contributed by atoms with Crippen LogP contribution in [0.25, 0.3) is 0 Å². The van der Waals surface area contributed by atoms with Gasteiger partial charge in [-0.05, 0) is 6.42 Å². The summed E-state index contributed by atoms with van der Waals surface area (Å²) in [4.78, 5) is 1.49. The van der Waals surface area contributed by atoms with E-state index in [1.165, 1.54) is 4.90 Å². The van der Waals surface area contributed by atoms with E-state index in [9.17, 15) is 8.78 Å². The van der Waals surface area contributed by atoms with Gasteiger partial charge in [0.05, 0.1) is 12.4 Å². The Labute approximate surface area is 77.4 Å². The van der Waals surface area contributed by atoms with Crippen molar-refractivity contribution in [2.45, 2.75) is 32.6 Å². The summed E-state index contributed by atoms with van der Waals surface area (Å²) in [6.07, 6.45) is 0.455. The van der Waals surface area contributed by atoms with Crippen molar-refractivity contribution in [1.82, 2.24) is 4.90 Å². The molecule has 2 nitrogen and oxygen atoms in total. The minimum absolute atomic E-state index is 0.0329. The lowest BCUT2D eigenvalue weighted by Crippen LogP contribution is -2.46. The van der Waals surface area contributed by atoms with Gasteiger partial charge in [-0.2, -0.15) is 0 Å². The zero-order valence-electron chi connectivity index (χ0n) is 8.11. The molecule has 0 spiro atoms. The van der Waals surface area contributed by atoms with Crippen molar-refractivity contribution < 1.29 is 8.78 Å². The SMILES string of the molecule is CC(C)C(=N)N1CCCC(F)(F)C1.